The zero-order valence-electron chi connectivity index (χ0n) is 10.8. The maximum atomic E-state index is 13.7. The average molecular weight is 330 g/mol. The Morgan fingerprint density at radius 2 is 1.95 bits per heavy atom. The largest absolute Gasteiger partial charge is 0.322 e. The standard InChI is InChI=1S/C14H10ClF2NO2S/c1-21(20)12-6-5-8(7-11(12)16)18-14(19)9-3-2-4-10(15)13(9)17/h2-7H,1H3,(H,18,19)/t21-/m0/s1. The summed E-state index contributed by atoms with van der Waals surface area (Å²) in [6.07, 6.45) is 1.35. The van der Waals surface area contributed by atoms with Gasteiger partial charge >= 0.3 is 0 Å². The minimum Gasteiger partial charge on any atom is -0.322 e. The van der Waals surface area contributed by atoms with E-state index in [9.17, 15) is 17.8 Å². The molecule has 0 fully saturated rings. The molecule has 2 aromatic carbocycles. The maximum Gasteiger partial charge on any atom is 0.258 e. The van der Waals surface area contributed by atoms with E-state index in [4.69, 9.17) is 11.6 Å². The second-order valence-electron chi connectivity index (χ2n) is 4.15. The first-order valence-corrected chi connectivity index (χ1v) is 7.72. The summed E-state index contributed by atoms with van der Waals surface area (Å²) in [5, 5.41) is 2.18. The summed E-state index contributed by atoms with van der Waals surface area (Å²) in [6.45, 7) is 0. The van der Waals surface area contributed by atoms with Crippen LogP contribution in [0.3, 0.4) is 0 Å². The Hall–Kier alpha value is -1.79. The van der Waals surface area contributed by atoms with Gasteiger partial charge in [-0.1, -0.05) is 17.7 Å². The van der Waals surface area contributed by atoms with Crippen molar-refractivity contribution >= 4 is 34.0 Å². The van der Waals surface area contributed by atoms with Gasteiger partial charge in [-0.15, -0.1) is 0 Å². The summed E-state index contributed by atoms with van der Waals surface area (Å²) in [5.74, 6) is -2.30. The summed E-state index contributed by atoms with van der Waals surface area (Å²) in [5.41, 5.74) is -0.114. The van der Waals surface area contributed by atoms with E-state index in [1.54, 1.807) is 0 Å². The van der Waals surface area contributed by atoms with E-state index >= 15 is 0 Å². The predicted molar refractivity (Wildman–Crippen MR) is 78.1 cm³/mol. The summed E-state index contributed by atoms with van der Waals surface area (Å²) in [6, 6.07) is 7.73. The van der Waals surface area contributed by atoms with Crippen LogP contribution in [0.1, 0.15) is 10.4 Å². The average Bonchev–Trinajstić information content (AvgIpc) is 2.41. The number of amides is 1. The Labute approximate surface area is 127 Å². The molecule has 0 aliphatic heterocycles. The minimum atomic E-state index is -1.47. The van der Waals surface area contributed by atoms with Crippen molar-refractivity contribution in [2.75, 3.05) is 11.6 Å². The quantitative estimate of drug-likeness (QED) is 0.935. The minimum absolute atomic E-state index is 0.0296. The van der Waals surface area contributed by atoms with E-state index in [0.717, 1.165) is 6.07 Å². The van der Waals surface area contributed by atoms with Gasteiger partial charge in [0, 0.05) is 11.9 Å². The highest BCUT2D eigenvalue weighted by Crippen LogP contribution is 2.21. The molecule has 2 rings (SSSR count). The lowest BCUT2D eigenvalue weighted by Crippen LogP contribution is -2.14. The fourth-order valence-corrected chi connectivity index (χ4v) is 2.46. The highest BCUT2D eigenvalue weighted by molar-refractivity contribution is 7.84. The molecule has 0 heterocycles. The number of benzene rings is 2. The zero-order chi connectivity index (χ0) is 15.6. The molecule has 2 aromatic rings. The summed E-state index contributed by atoms with van der Waals surface area (Å²) < 4.78 is 38.6. The molecular weight excluding hydrogens is 320 g/mol. The summed E-state index contributed by atoms with van der Waals surface area (Å²) in [4.78, 5) is 12.0. The lowest BCUT2D eigenvalue weighted by atomic mass is 10.2. The van der Waals surface area contributed by atoms with Crippen molar-refractivity contribution in [3.63, 3.8) is 0 Å². The van der Waals surface area contributed by atoms with Crippen LogP contribution in [0.4, 0.5) is 14.5 Å². The summed E-state index contributed by atoms with van der Waals surface area (Å²) in [7, 11) is -1.47. The first-order valence-electron chi connectivity index (χ1n) is 5.78. The predicted octanol–water partition coefficient (Wildman–Crippen LogP) is 3.61. The van der Waals surface area contributed by atoms with Crippen LogP contribution < -0.4 is 5.32 Å². The van der Waals surface area contributed by atoms with E-state index in [2.05, 4.69) is 5.32 Å². The third-order valence-electron chi connectivity index (χ3n) is 2.70. The third-order valence-corrected chi connectivity index (χ3v) is 3.94. The van der Waals surface area contributed by atoms with Crippen molar-refractivity contribution in [1.82, 2.24) is 0 Å². The Balaban J connectivity index is 2.26. The Bertz CT molecular complexity index is 737. The molecule has 0 radical (unpaired) electrons. The Morgan fingerprint density at radius 1 is 1.24 bits per heavy atom. The molecule has 0 aliphatic rings. The molecule has 0 aliphatic carbocycles. The van der Waals surface area contributed by atoms with Gasteiger partial charge < -0.3 is 5.32 Å². The van der Waals surface area contributed by atoms with Crippen molar-refractivity contribution in [3.8, 4) is 0 Å². The molecular formula is C14H10ClF2NO2S. The van der Waals surface area contributed by atoms with Crippen LogP contribution in [0.25, 0.3) is 0 Å². The number of anilines is 1. The number of halogens is 3. The SMILES string of the molecule is C[S@](=O)c1ccc(NC(=O)c2cccc(Cl)c2F)cc1F. The van der Waals surface area contributed by atoms with E-state index in [-0.39, 0.29) is 21.2 Å². The molecule has 1 atom stereocenters. The normalized spacial score (nSPS) is 12.0. The van der Waals surface area contributed by atoms with E-state index in [0.29, 0.717) is 0 Å². The number of rotatable bonds is 3. The molecule has 0 unspecified atom stereocenters. The number of nitrogens with one attached hydrogen (secondary N) is 1. The number of hydrogen-bond acceptors (Lipinski definition) is 2. The molecule has 110 valence electrons. The molecule has 0 saturated carbocycles. The van der Waals surface area contributed by atoms with Gasteiger partial charge in [-0.05, 0) is 30.3 Å². The number of hydrogen-bond donors (Lipinski definition) is 1. The highest BCUT2D eigenvalue weighted by Gasteiger charge is 2.15. The van der Waals surface area contributed by atoms with Crippen LogP contribution in [0.2, 0.25) is 5.02 Å². The van der Waals surface area contributed by atoms with Gasteiger partial charge in [0.25, 0.3) is 5.91 Å². The van der Waals surface area contributed by atoms with Crippen molar-refractivity contribution < 1.29 is 17.8 Å². The van der Waals surface area contributed by atoms with Crippen molar-refractivity contribution in [2.24, 2.45) is 0 Å². The Morgan fingerprint density at radius 3 is 2.57 bits per heavy atom. The molecule has 0 spiro atoms. The van der Waals surface area contributed by atoms with E-state index in [1.807, 2.05) is 0 Å². The summed E-state index contributed by atoms with van der Waals surface area (Å²) >= 11 is 5.59. The van der Waals surface area contributed by atoms with Crippen LogP contribution in [0, 0.1) is 11.6 Å². The molecule has 7 heteroatoms. The van der Waals surface area contributed by atoms with Gasteiger partial charge in [-0.3, -0.25) is 9.00 Å². The van der Waals surface area contributed by atoms with E-state index in [1.165, 1.54) is 36.6 Å². The molecule has 0 bridgehead atoms. The lowest BCUT2D eigenvalue weighted by Gasteiger charge is -2.08. The Kier molecular flexibility index (Phi) is 4.69. The molecule has 21 heavy (non-hydrogen) atoms. The van der Waals surface area contributed by atoms with Gasteiger partial charge in [0.1, 0.15) is 5.82 Å². The topological polar surface area (TPSA) is 46.2 Å². The van der Waals surface area contributed by atoms with Crippen molar-refractivity contribution in [1.29, 1.82) is 0 Å². The fraction of sp³-hybridized carbons (Fsp3) is 0.0714. The van der Waals surface area contributed by atoms with E-state index < -0.39 is 28.3 Å². The molecule has 3 nitrogen and oxygen atoms in total. The highest BCUT2D eigenvalue weighted by atomic mass is 35.5. The number of carbonyl (C=O) groups is 1. The second-order valence-corrected chi connectivity index (χ2v) is 5.91. The van der Waals surface area contributed by atoms with Crippen LogP contribution >= 0.6 is 11.6 Å². The molecule has 1 N–H and O–H groups in total. The van der Waals surface area contributed by atoms with Gasteiger partial charge in [0.2, 0.25) is 0 Å². The van der Waals surface area contributed by atoms with Crippen molar-refractivity contribution in [2.45, 2.75) is 4.90 Å². The van der Waals surface area contributed by atoms with Crippen LogP contribution in [0.5, 0.6) is 0 Å². The first-order chi connectivity index (χ1) is 9.90. The monoisotopic (exact) mass is 329 g/mol. The number of carbonyl (C=O) groups excluding carboxylic acids is 1. The maximum absolute atomic E-state index is 13.7. The van der Waals surface area contributed by atoms with Crippen molar-refractivity contribution in [3.05, 3.63) is 58.6 Å². The smallest absolute Gasteiger partial charge is 0.258 e. The van der Waals surface area contributed by atoms with Gasteiger partial charge in [-0.25, -0.2) is 8.78 Å². The molecule has 0 aromatic heterocycles. The fourth-order valence-electron chi connectivity index (χ4n) is 1.69. The molecule has 0 saturated heterocycles. The van der Waals surface area contributed by atoms with Crippen LogP contribution in [-0.4, -0.2) is 16.4 Å². The van der Waals surface area contributed by atoms with Gasteiger partial charge in [0.05, 0.1) is 26.3 Å². The molecule has 1 amide bonds. The van der Waals surface area contributed by atoms with Gasteiger partial charge in [0.15, 0.2) is 5.82 Å². The third kappa shape index (κ3) is 3.46. The van der Waals surface area contributed by atoms with Gasteiger partial charge in [-0.2, -0.15) is 0 Å². The zero-order valence-corrected chi connectivity index (χ0v) is 12.4. The first kappa shape index (κ1) is 15.6. The second kappa shape index (κ2) is 6.32. The van der Waals surface area contributed by atoms with Crippen LogP contribution in [0.15, 0.2) is 41.3 Å². The lowest BCUT2D eigenvalue weighted by molar-refractivity contribution is 0.102. The van der Waals surface area contributed by atoms with Crippen LogP contribution in [-0.2, 0) is 10.8 Å².